The van der Waals surface area contributed by atoms with Crippen molar-refractivity contribution in [3.8, 4) is 0 Å². The molecule has 2 aromatic heterocycles. The van der Waals surface area contributed by atoms with E-state index >= 15 is 0 Å². The van der Waals surface area contributed by atoms with Gasteiger partial charge in [-0.15, -0.1) is 11.8 Å². The number of pyridine rings is 1. The van der Waals surface area contributed by atoms with Crippen LogP contribution in [0.5, 0.6) is 0 Å². The number of nitrogens with zero attached hydrogens (tertiary/aromatic N) is 2. The molecule has 6 rings (SSSR count). The predicted molar refractivity (Wildman–Crippen MR) is 146 cm³/mol. The largest absolute Gasteiger partial charge is 0.480 e. The fraction of sp³-hybridized carbons (Fsp3) is 0.345. The maximum absolute atomic E-state index is 12.8. The first-order valence-corrected chi connectivity index (χ1v) is 13.6. The molecule has 6 nitrogen and oxygen atoms in total. The van der Waals surface area contributed by atoms with Crippen molar-refractivity contribution < 1.29 is 9.90 Å². The van der Waals surface area contributed by atoms with E-state index in [0.29, 0.717) is 18.1 Å². The zero-order valence-corrected chi connectivity index (χ0v) is 21.6. The van der Waals surface area contributed by atoms with Crippen LogP contribution in [0.3, 0.4) is 0 Å². The Labute approximate surface area is 215 Å². The number of carboxylic acids is 1. The summed E-state index contributed by atoms with van der Waals surface area (Å²) in [6.45, 7) is 4.36. The van der Waals surface area contributed by atoms with Crippen LogP contribution in [0.1, 0.15) is 68.2 Å². The summed E-state index contributed by atoms with van der Waals surface area (Å²) >= 11 is 1.52. The first kappa shape index (κ1) is 25.8. The Balaban J connectivity index is 0.000000289. The average Bonchev–Trinajstić information content (AvgIpc) is 3.33. The second-order valence-corrected chi connectivity index (χ2v) is 10.1. The van der Waals surface area contributed by atoms with Crippen molar-refractivity contribution >= 4 is 28.5 Å². The molecule has 1 fully saturated rings. The number of H-pyrrole nitrogens is 1. The number of carbonyl (C=O) groups is 1. The van der Waals surface area contributed by atoms with Crippen LogP contribution >= 0.6 is 11.8 Å². The van der Waals surface area contributed by atoms with E-state index < -0.39 is 12.0 Å². The standard InChI is InChI=1S/C22H19NO3S.C4H10.C3H4N2/c24-19-11-16(10-15-6-3-5-13-4-1-2-7-17(13)15)20(14-8-9-14)21-23(19)18(12-27-21)22(25)26;1-3-4-2;1-2-5-3-4-1/h1-7,11,14,18H,8-10,12H2,(H,25,26);3-4H2,1-2H3;1-3H,(H,4,5). The lowest BCUT2D eigenvalue weighted by Crippen LogP contribution is -2.29. The van der Waals surface area contributed by atoms with Gasteiger partial charge in [-0.1, -0.05) is 69.2 Å². The van der Waals surface area contributed by atoms with Crippen molar-refractivity contribution in [3.05, 3.63) is 94.3 Å². The molecule has 7 heteroatoms. The molecule has 3 heterocycles. The zero-order valence-electron chi connectivity index (χ0n) is 20.8. The Bertz CT molecular complexity index is 1340. The lowest BCUT2D eigenvalue weighted by Gasteiger charge is -2.17. The molecule has 0 spiro atoms. The summed E-state index contributed by atoms with van der Waals surface area (Å²) in [4.78, 5) is 30.8. The number of nitrogens with one attached hydrogen (secondary N) is 1. The minimum Gasteiger partial charge on any atom is -0.480 e. The van der Waals surface area contributed by atoms with E-state index in [-0.39, 0.29) is 5.56 Å². The first-order chi connectivity index (χ1) is 17.5. The van der Waals surface area contributed by atoms with Crippen LogP contribution < -0.4 is 5.56 Å². The Morgan fingerprint density at radius 1 is 1.11 bits per heavy atom. The van der Waals surface area contributed by atoms with E-state index in [4.69, 9.17) is 0 Å². The van der Waals surface area contributed by atoms with Crippen LogP contribution in [-0.2, 0) is 11.2 Å². The molecule has 1 saturated carbocycles. The monoisotopic (exact) mass is 503 g/mol. The summed E-state index contributed by atoms with van der Waals surface area (Å²) in [7, 11) is 0. The molecule has 188 valence electrons. The van der Waals surface area contributed by atoms with Gasteiger partial charge in [0, 0.05) is 24.2 Å². The number of hydrogen-bond acceptors (Lipinski definition) is 4. The summed E-state index contributed by atoms with van der Waals surface area (Å²) < 4.78 is 1.51. The molecule has 1 aliphatic heterocycles. The number of aromatic amines is 1. The molecule has 0 radical (unpaired) electrons. The number of thioether (sulfide) groups is 1. The van der Waals surface area contributed by atoms with Gasteiger partial charge in [-0.2, -0.15) is 0 Å². The van der Waals surface area contributed by atoms with E-state index in [2.05, 4.69) is 54.1 Å². The quantitative estimate of drug-likeness (QED) is 0.328. The SMILES string of the molecule is CCCC.O=C(O)C1CSc2c(C3CC3)c(Cc3cccc4ccccc34)cc(=O)n21.c1c[nH]cn1. The number of imidazole rings is 1. The van der Waals surface area contributed by atoms with Crippen molar-refractivity contribution in [1.29, 1.82) is 0 Å². The smallest absolute Gasteiger partial charge is 0.327 e. The third kappa shape index (κ3) is 5.90. The number of aromatic nitrogens is 3. The van der Waals surface area contributed by atoms with Crippen molar-refractivity contribution in [3.63, 3.8) is 0 Å². The molecule has 0 amide bonds. The molecule has 2 N–H and O–H groups in total. The fourth-order valence-corrected chi connectivity index (χ4v) is 5.76. The number of aliphatic carboxylic acids is 1. The highest BCUT2D eigenvalue weighted by Crippen LogP contribution is 2.48. The minimum atomic E-state index is -0.924. The second-order valence-electron chi connectivity index (χ2n) is 9.11. The predicted octanol–water partition coefficient (Wildman–Crippen LogP) is 6.42. The summed E-state index contributed by atoms with van der Waals surface area (Å²) in [5.41, 5.74) is 3.28. The molecule has 2 aliphatic rings. The van der Waals surface area contributed by atoms with Crippen molar-refractivity contribution in [2.75, 3.05) is 5.75 Å². The Morgan fingerprint density at radius 3 is 2.47 bits per heavy atom. The third-order valence-corrected chi connectivity index (χ3v) is 7.63. The number of unbranched alkanes of at least 4 members (excludes halogenated alkanes) is 1. The van der Waals surface area contributed by atoms with Gasteiger partial charge in [-0.25, -0.2) is 9.78 Å². The number of hydrogen-bond donors (Lipinski definition) is 2. The summed E-state index contributed by atoms with van der Waals surface area (Å²) in [6, 6.07) is 15.5. The zero-order chi connectivity index (χ0) is 25.5. The minimum absolute atomic E-state index is 0.193. The number of benzene rings is 2. The van der Waals surface area contributed by atoms with Crippen LogP contribution in [-0.4, -0.2) is 31.4 Å². The van der Waals surface area contributed by atoms with Gasteiger partial charge < -0.3 is 10.1 Å². The molecule has 4 aromatic rings. The highest BCUT2D eigenvalue weighted by Gasteiger charge is 2.37. The molecule has 1 atom stereocenters. The molecule has 36 heavy (non-hydrogen) atoms. The van der Waals surface area contributed by atoms with Crippen LogP contribution in [0, 0.1) is 0 Å². The van der Waals surface area contributed by atoms with Gasteiger partial charge in [-0.05, 0) is 52.6 Å². The van der Waals surface area contributed by atoms with Gasteiger partial charge in [0.25, 0.3) is 5.56 Å². The van der Waals surface area contributed by atoms with Gasteiger partial charge in [0.2, 0.25) is 0 Å². The maximum atomic E-state index is 12.8. The van der Waals surface area contributed by atoms with Crippen molar-refractivity contribution in [2.24, 2.45) is 0 Å². The van der Waals surface area contributed by atoms with Crippen LogP contribution in [0.4, 0.5) is 0 Å². The molecular formula is C29H33N3O3S. The highest BCUT2D eigenvalue weighted by molar-refractivity contribution is 7.99. The summed E-state index contributed by atoms with van der Waals surface area (Å²) in [5, 5.41) is 12.8. The van der Waals surface area contributed by atoms with E-state index in [1.165, 1.54) is 51.1 Å². The van der Waals surface area contributed by atoms with Crippen LogP contribution in [0.15, 0.2) is 77.1 Å². The number of rotatable bonds is 5. The van der Waals surface area contributed by atoms with E-state index in [1.807, 2.05) is 12.1 Å². The summed E-state index contributed by atoms with van der Waals surface area (Å²) in [5.74, 6) is -0.0362. The highest BCUT2D eigenvalue weighted by atomic mass is 32.2. The molecule has 1 aliphatic carbocycles. The molecule has 0 saturated heterocycles. The molecule has 0 bridgehead atoms. The van der Waals surface area contributed by atoms with Gasteiger partial charge >= 0.3 is 5.97 Å². The second kappa shape index (κ2) is 12.1. The lowest BCUT2D eigenvalue weighted by molar-refractivity contribution is -0.140. The van der Waals surface area contributed by atoms with E-state index in [1.54, 1.807) is 24.8 Å². The lowest BCUT2D eigenvalue weighted by atomic mass is 9.95. The average molecular weight is 504 g/mol. The third-order valence-electron chi connectivity index (χ3n) is 6.46. The van der Waals surface area contributed by atoms with Gasteiger partial charge in [0.15, 0.2) is 0 Å². The molecule has 2 aromatic carbocycles. The van der Waals surface area contributed by atoms with Crippen LogP contribution in [0.2, 0.25) is 0 Å². The van der Waals surface area contributed by atoms with Crippen molar-refractivity contribution in [1.82, 2.24) is 14.5 Å². The van der Waals surface area contributed by atoms with Gasteiger partial charge in [0.1, 0.15) is 6.04 Å². The van der Waals surface area contributed by atoms with Gasteiger partial charge in [0.05, 0.1) is 11.4 Å². The Hall–Kier alpha value is -3.32. The maximum Gasteiger partial charge on any atom is 0.327 e. The van der Waals surface area contributed by atoms with Crippen molar-refractivity contribution in [2.45, 2.75) is 62.9 Å². The van der Waals surface area contributed by atoms with E-state index in [9.17, 15) is 14.7 Å². The Morgan fingerprint density at radius 2 is 1.86 bits per heavy atom. The Kier molecular flexibility index (Phi) is 8.65. The number of carboxylic acid groups (broad SMARTS) is 1. The normalized spacial score (nSPS) is 15.9. The first-order valence-electron chi connectivity index (χ1n) is 12.6. The summed E-state index contributed by atoms with van der Waals surface area (Å²) in [6.07, 6.45) is 10.7. The fourth-order valence-electron chi connectivity index (χ4n) is 4.34. The topological polar surface area (TPSA) is 88.0 Å². The van der Waals surface area contributed by atoms with Gasteiger partial charge in [-0.3, -0.25) is 9.36 Å². The van der Waals surface area contributed by atoms with E-state index in [0.717, 1.165) is 23.4 Å². The molecular weight excluding hydrogens is 470 g/mol. The van der Waals surface area contributed by atoms with Crippen LogP contribution in [0.25, 0.3) is 10.8 Å². The number of fused-ring (bicyclic) bond motifs is 2. The molecule has 1 unspecified atom stereocenters.